The van der Waals surface area contributed by atoms with Crippen molar-refractivity contribution in [3.05, 3.63) is 95.2 Å². The van der Waals surface area contributed by atoms with Gasteiger partial charge in [-0.1, -0.05) is 42.5 Å². The number of hydrogen-bond donors (Lipinski definition) is 2. The van der Waals surface area contributed by atoms with Gasteiger partial charge in [0.05, 0.1) is 16.9 Å². The molecule has 25 heavy (non-hydrogen) atoms. The number of aliphatic imine (C=N–C) groups is 2. The van der Waals surface area contributed by atoms with Crippen molar-refractivity contribution in [2.45, 2.75) is 0 Å². The molecule has 5 heteroatoms. The lowest BCUT2D eigenvalue weighted by atomic mass is 10.1. The van der Waals surface area contributed by atoms with Crippen LogP contribution in [0.4, 0.5) is 17.1 Å². The van der Waals surface area contributed by atoms with E-state index in [2.05, 4.69) is 9.98 Å². The first-order chi connectivity index (χ1) is 12.2. The highest BCUT2D eigenvalue weighted by Crippen LogP contribution is 2.16. The van der Waals surface area contributed by atoms with E-state index in [0.29, 0.717) is 5.56 Å². The molecule has 0 saturated heterocycles. The fourth-order valence-corrected chi connectivity index (χ4v) is 2.27. The summed E-state index contributed by atoms with van der Waals surface area (Å²) in [6, 6.07) is 24.0. The Morgan fingerprint density at radius 1 is 0.760 bits per heavy atom. The molecule has 3 aromatic carbocycles. The predicted octanol–water partition coefficient (Wildman–Crippen LogP) is 3.59. The molecule has 5 nitrogen and oxygen atoms in total. The van der Waals surface area contributed by atoms with E-state index in [0.717, 1.165) is 16.9 Å². The molecule has 3 aromatic rings. The second-order valence-corrected chi connectivity index (χ2v) is 5.34. The second-order valence-electron chi connectivity index (χ2n) is 5.34. The van der Waals surface area contributed by atoms with Crippen molar-refractivity contribution in [1.29, 1.82) is 0 Å². The number of nitrogens with one attached hydrogen (secondary N) is 1. The number of quaternary nitrogens is 1. The summed E-state index contributed by atoms with van der Waals surface area (Å²) in [6.07, 6.45) is 3.22. The standard InChI is InChI=1S/C20H17N3O2/c24-23(25)20-13-16(14-21-18-7-3-1-4-8-18)11-12-17(20)15-22-19-9-5-2-6-10-19/h1-15,23-24H. The summed E-state index contributed by atoms with van der Waals surface area (Å²) in [5.41, 5.74) is 3.05. The minimum Gasteiger partial charge on any atom is -0.595 e. The van der Waals surface area contributed by atoms with Crippen LogP contribution in [0.3, 0.4) is 0 Å². The first kappa shape index (κ1) is 16.7. The second kappa shape index (κ2) is 8.12. The molecule has 0 saturated carbocycles. The van der Waals surface area contributed by atoms with Gasteiger partial charge in [-0.05, 0) is 35.9 Å². The fourth-order valence-electron chi connectivity index (χ4n) is 2.27. The number of nitrogens with zero attached hydrogens (tertiary/aromatic N) is 2. The zero-order chi connectivity index (χ0) is 17.5. The van der Waals surface area contributed by atoms with Crippen LogP contribution in [0.1, 0.15) is 11.1 Å². The van der Waals surface area contributed by atoms with Crippen molar-refractivity contribution in [2.75, 3.05) is 0 Å². The Morgan fingerprint density at radius 2 is 1.32 bits per heavy atom. The maximum atomic E-state index is 11.6. The Bertz CT molecular complexity index is 876. The van der Waals surface area contributed by atoms with Gasteiger partial charge in [0.1, 0.15) is 0 Å². The molecule has 0 amide bonds. The van der Waals surface area contributed by atoms with Gasteiger partial charge in [-0.3, -0.25) is 9.98 Å². The number of benzene rings is 3. The minimum absolute atomic E-state index is 0.191. The average molecular weight is 331 g/mol. The molecule has 1 unspecified atom stereocenters. The van der Waals surface area contributed by atoms with E-state index in [1.165, 1.54) is 0 Å². The molecule has 0 radical (unpaired) electrons. The van der Waals surface area contributed by atoms with E-state index in [1.54, 1.807) is 24.6 Å². The van der Waals surface area contributed by atoms with Crippen molar-refractivity contribution in [1.82, 2.24) is 0 Å². The van der Waals surface area contributed by atoms with Crippen LogP contribution in [-0.4, -0.2) is 17.6 Å². The summed E-state index contributed by atoms with van der Waals surface area (Å²) in [5, 5.41) is 20.0. The van der Waals surface area contributed by atoms with E-state index in [4.69, 9.17) is 0 Å². The molecule has 3 rings (SSSR count). The van der Waals surface area contributed by atoms with Gasteiger partial charge < -0.3 is 5.21 Å². The summed E-state index contributed by atoms with van der Waals surface area (Å²) in [4.78, 5) is 8.67. The first-order valence-corrected chi connectivity index (χ1v) is 7.78. The first-order valence-electron chi connectivity index (χ1n) is 7.78. The molecule has 0 spiro atoms. The lowest BCUT2D eigenvalue weighted by molar-refractivity contribution is -0.991. The number of para-hydroxylation sites is 2. The largest absolute Gasteiger partial charge is 0.595 e. The molecule has 2 N–H and O–H groups in total. The van der Waals surface area contributed by atoms with Crippen molar-refractivity contribution >= 4 is 29.5 Å². The van der Waals surface area contributed by atoms with Crippen molar-refractivity contribution in [3.8, 4) is 0 Å². The van der Waals surface area contributed by atoms with E-state index in [1.807, 2.05) is 66.7 Å². The van der Waals surface area contributed by atoms with Crippen LogP contribution >= 0.6 is 0 Å². The maximum Gasteiger partial charge on any atom is 0.173 e. The van der Waals surface area contributed by atoms with Gasteiger partial charge in [0.15, 0.2) is 5.69 Å². The zero-order valence-corrected chi connectivity index (χ0v) is 13.4. The van der Waals surface area contributed by atoms with Crippen LogP contribution in [0, 0.1) is 5.21 Å². The van der Waals surface area contributed by atoms with E-state index >= 15 is 0 Å². The Labute approximate surface area is 145 Å². The van der Waals surface area contributed by atoms with Gasteiger partial charge >= 0.3 is 0 Å². The molecule has 0 fully saturated rings. The zero-order valence-electron chi connectivity index (χ0n) is 13.4. The topological polar surface area (TPSA) is 72.5 Å². The third kappa shape index (κ3) is 4.68. The molecule has 1 atom stereocenters. The van der Waals surface area contributed by atoms with Crippen molar-refractivity contribution in [2.24, 2.45) is 9.98 Å². The molecule has 0 aromatic heterocycles. The third-order valence-corrected chi connectivity index (χ3v) is 3.54. The summed E-state index contributed by atoms with van der Waals surface area (Å²) < 4.78 is 0. The normalized spacial score (nSPS) is 12.7. The molecular weight excluding hydrogens is 314 g/mol. The molecule has 0 aliphatic carbocycles. The number of hydrogen-bond acceptors (Lipinski definition) is 4. The lowest BCUT2D eigenvalue weighted by Crippen LogP contribution is -2.99. The van der Waals surface area contributed by atoms with Crippen LogP contribution in [0.15, 0.2) is 88.8 Å². The summed E-state index contributed by atoms with van der Waals surface area (Å²) >= 11 is 0. The Balaban J connectivity index is 1.86. The van der Waals surface area contributed by atoms with Gasteiger partial charge in [0, 0.05) is 18.5 Å². The van der Waals surface area contributed by atoms with Crippen LogP contribution in [0.25, 0.3) is 0 Å². The highest BCUT2D eigenvalue weighted by atomic mass is 16.8. The highest BCUT2D eigenvalue weighted by molar-refractivity contribution is 5.90. The Kier molecular flexibility index (Phi) is 5.43. The summed E-state index contributed by atoms with van der Waals surface area (Å²) in [6.45, 7) is 0. The monoisotopic (exact) mass is 331 g/mol. The molecular formula is C20H17N3O2. The Hall–Kier alpha value is -3.12. The predicted molar refractivity (Wildman–Crippen MR) is 99.6 cm³/mol. The van der Waals surface area contributed by atoms with Crippen LogP contribution < -0.4 is 5.23 Å². The van der Waals surface area contributed by atoms with E-state index < -0.39 is 5.23 Å². The SMILES string of the molecule is [O-][NH+](O)c1cc(C=Nc2ccccc2)ccc1C=Nc1ccccc1. The fraction of sp³-hybridized carbons (Fsp3) is 0. The third-order valence-electron chi connectivity index (χ3n) is 3.54. The molecule has 124 valence electrons. The molecule has 0 bridgehead atoms. The smallest absolute Gasteiger partial charge is 0.173 e. The van der Waals surface area contributed by atoms with Gasteiger partial charge in [0.25, 0.3) is 0 Å². The van der Waals surface area contributed by atoms with Gasteiger partial charge in [-0.25, -0.2) is 5.21 Å². The Morgan fingerprint density at radius 3 is 1.88 bits per heavy atom. The van der Waals surface area contributed by atoms with Gasteiger partial charge in [0.2, 0.25) is 0 Å². The summed E-state index contributed by atoms with van der Waals surface area (Å²) in [7, 11) is 0. The van der Waals surface area contributed by atoms with E-state index in [9.17, 15) is 10.4 Å². The van der Waals surface area contributed by atoms with Crippen LogP contribution in [0.5, 0.6) is 0 Å². The average Bonchev–Trinajstić information content (AvgIpc) is 2.66. The van der Waals surface area contributed by atoms with Crippen molar-refractivity contribution in [3.63, 3.8) is 0 Å². The minimum atomic E-state index is -0.996. The summed E-state index contributed by atoms with van der Waals surface area (Å²) in [5.74, 6) is 0. The molecule has 0 heterocycles. The number of rotatable bonds is 5. The molecule has 0 aliphatic rings. The van der Waals surface area contributed by atoms with Crippen LogP contribution in [-0.2, 0) is 0 Å². The highest BCUT2D eigenvalue weighted by Gasteiger charge is 2.08. The lowest BCUT2D eigenvalue weighted by Gasteiger charge is -2.14. The van der Waals surface area contributed by atoms with Gasteiger partial charge in [-0.2, -0.15) is 5.23 Å². The van der Waals surface area contributed by atoms with Gasteiger partial charge in [-0.15, -0.1) is 0 Å². The quantitative estimate of drug-likeness (QED) is 0.554. The van der Waals surface area contributed by atoms with Crippen LogP contribution in [0.2, 0.25) is 0 Å². The maximum absolute atomic E-state index is 11.6. The molecule has 0 aliphatic heterocycles. The van der Waals surface area contributed by atoms with E-state index in [-0.39, 0.29) is 5.69 Å². The van der Waals surface area contributed by atoms with Crippen molar-refractivity contribution < 1.29 is 10.4 Å².